The van der Waals surface area contributed by atoms with Gasteiger partial charge in [0.05, 0.1) is 0 Å². The maximum Gasteiger partial charge on any atom is 0.344 e. The van der Waals surface area contributed by atoms with Crippen LogP contribution >= 0.6 is 0 Å². The smallest absolute Gasteiger partial charge is 0.344 e. The maximum atomic E-state index is 11.0. The molecule has 6 nitrogen and oxygen atoms in total. The number of carbonyl (C=O) groups is 1. The minimum atomic E-state index is -0.975. The van der Waals surface area contributed by atoms with Crippen LogP contribution in [0.25, 0.3) is 0 Å². The van der Waals surface area contributed by atoms with Crippen LogP contribution in [-0.4, -0.2) is 25.8 Å². The molecule has 2 N–H and O–H groups in total. The van der Waals surface area contributed by atoms with Gasteiger partial charge < -0.3 is 5.11 Å². The number of hydrogen-bond donors (Lipinski definition) is 2. The fraction of sp³-hybridized carbons (Fsp3) is 0.500. The van der Waals surface area contributed by atoms with Crippen molar-refractivity contribution in [2.45, 2.75) is 18.9 Å². The first-order valence-corrected chi connectivity index (χ1v) is 3.58. The fourth-order valence-corrected chi connectivity index (χ4v) is 1.46. The standard InChI is InChI=1S/C6H7N3O3/c10-5(11)3-1-2-4-7-8-6(12)9(3)4/h3H,1-2H2,(H,8,12)(H,10,11)/t3-/m0/s1. The zero-order chi connectivity index (χ0) is 8.72. The molecule has 1 aliphatic rings. The van der Waals surface area contributed by atoms with Gasteiger partial charge in [-0.25, -0.2) is 14.7 Å². The van der Waals surface area contributed by atoms with Crippen LogP contribution in [0.15, 0.2) is 4.79 Å². The lowest BCUT2D eigenvalue weighted by Crippen LogP contribution is -2.25. The molecule has 1 aromatic heterocycles. The summed E-state index contributed by atoms with van der Waals surface area (Å²) < 4.78 is 1.20. The Morgan fingerprint density at radius 3 is 3.17 bits per heavy atom. The number of nitrogens with one attached hydrogen (secondary N) is 1. The molecule has 6 heteroatoms. The monoisotopic (exact) mass is 169 g/mol. The number of aromatic nitrogens is 3. The van der Waals surface area contributed by atoms with Crippen molar-refractivity contribution in [3.63, 3.8) is 0 Å². The summed E-state index contributed by atoms with van der Waals surface area (Å²) in [5.74, 6) is -0.440. The number of nitrogens with zero attached hydrogens (tertiary/aromatic N) is 2. The highest BCUT2D eigenvalue weighted by atomic mass is 16.4. The second-order valence-electron chi connectivity index (χ2n) is 2.71. The molecular formula is C6H7N3O3. The molecular weight excluding hydrogens is 162 g/mol. The molecule has 2 rings (SSSR count). The Bertz CT molecular complexity index is 378. The second-order valence-corrected chi connectivity index (χ2v) is 2.71. The van der Waals surface area contributed by atoms with Crippen LogP contribution in [-0.2, 0) is 11.2 Å². The van der Waals surface area contributed by atoms with E-state index >= 15 is 0 Å². The van der Waals surface area contributed by atoms with E-state index in [2.05, 4.69) is 10.2 Å². The molecule has 0 bridgehead atoms. The average molecular weight is 169 g/mol. The van der Waals surface area contributed by atoms with Crippen molar-refractivity contribution < 1.29 is 9.90 Å². The number of aryl methyl sites for hydroxylation is 1. The summed E-state index contributed by atoms with van der Waals surface area (Å²) in [4.78, 5) is 21.6. The number of carboxylic acid groups (broad SMARTS) is 1. The maximum absolute atomic E-state index is 11.0. The number of hydrogen-bond acceptors (Lipinski definition) is 3. The molecule has 0 aliphatic carbocycles. The van der Waals surface area contributed by atoms with Crippen molar-refractivity contribution in [3.05, 3.63) is 16.3 Å². The third-order valence-electron chi connectivity index (χ3n) is 2.02. The molecule has 0 saturated heterocycles. The third-order valence-corrected chi connectivity index (χ3v) is 2.02. The Morgan fingerprint density at radius 2 is 2.50 bits per heavy atom. The Morgan fingerprint density at radius 1 is 1.75 bits per heavy atom. The molecule has 64 valence electrons. The summed E-state index contributed by atoms with van der Waals surface area (Å²) in [5, 5.41) is 14.6. The molecule has 0 fully saturated rings. The van der Waals surface area contributed by atoms with E-state index in [1.54, 1.807) is 0 Å². The zero-order valence-corrected chi connectivity index (χ0v) is 6.15. The molecule has 1 aromatic rings. The highest BCUT2D eigenvalue weighted by Gasteiger charge is 2.30. The highest BCUT2D eigenvalue weighted by molar-refractivity contribution is 5.72. The first-order chi connectivity index (χ1) is 5.70. The van der Waals surface area contributed by atoms with Crippen LogP contribution in [0.4, 0.5) is 0 Å². The Labute approximate surface area is 66.8 Å². The van der Waals surface area contributed by atoms with E-state index in [-0.39, 0.29) is 0 Å². The van der Waals surface area contributed by atoms with Crippen molar-refractivity contribution in [3.8, 4) is 0 Å². The lowest BCUT2D eigenvalue weighted by atomic mass is 10.2. The quantitative estimate of drug-likeness (QED) is 0.572. The fourth-order valence-electron chi connectivity index (χ4n) is 1.46. The first-order valence-electron chi connectivity index (χ1n) is 3.58. The number of carboxylic acids is 1. The van der Waals surface area contributed by atoms with Gasteiger partial charge in [0, 0.05) is 6.42 Å². The van der Waals surface area contributed by atoms with E-state index in [0.717, 1.165) is 0 Å². The second kappa shape index (κ2) is 2.20. The van der Waals surface area contributed by atoms with Crippen molar-refractivity contribution in [2.24, 2.45) is 0 Å². The minimum absolute atomic E-state index is 0.435. The Kier molecular flexibility index (Phi) is 1.30. The molecule has 0 amide bonds. The molecule has 0 aromatic carbocycles. The topological polar surface area (TPSA) is 88.0 Å². The van der Waals surface area contributed by atoms with E-state index in [9.17, 15) is 9.59 Å². The Hall–Kier alpha value is -1.59. The van der Waals surface area contributed by atoms with Gasteiger partial charge in [0.15, 0.2) is 0 Å². The molecule has 0 spiro atoms. The summed E-state index contributed by atoms with van der Waals surface area (Å²) >= 11 is 0. The predicted octanol–water partition coefficient (Wildman–Crippen LogP) is -0.857. The molecule has 0 saturated carbocycles. The molecule has 1 atom stereocenters. The summed E-state index contributed by atoms with van der Waals surface area (Å²) in [6.07, 6.45) is 1.01. The van der Waals surface area contributed by atoms with E-state index in [1.807, 2.05) is 0 Å². The van der Waals surface area contributed by atoms with Gasteiger partial charge in [-0.15, -0.1) is 0 Å². The molecule has 0 unspecified atom stereocenters. The van der Waals surface area contributed by atoms with Crippen molar-refractivity contribution in [2.75, 3.05) is 0 Å². The molecule has 12 heavy (non-hydrogen) atoms. The first kappa shape index (κ1) is 7.08. The number of H-pyrrole nitrogens is 1. The minimum Gasteiger partial charge on any atom is -0.480 e. The van der Waals surface area contributed by atoms with Crippen LogP contribution in [0.5, 0.6) is 0 Å². The van der Waals surface area contributed by atoms with Gasteiger partial charge in [-0.05, 0) is 6.42 Å². The lowest BCUT2D eigenvalue weighted by molar-refractivity contribution is -0.140. The lowest BCUT2D eigenvalue weighted by Gasteiger charge is -2.02. The van der Waals surface area contributed by atoms with E-state index in [0.29, 0.717) is 18.7 Å². The number of aromatic amines is 1. The molecule has 0 radical (unpaired) electrons. The summed E-state index contributed by atoms with van der Waals surface area (Å²) in [5.41, 5.74) is -0.435. The van der Waals surface area contributed by atoms with E-state index in [1.165, 1.54) is 4.57 Å². The van der Waals surface area contributed by atoms with Crippen LogP contribution in [0, 0.1) is 0 Å². The van der Waals surface area contributed by atoms with Gasteiger partial charge in [-0.2, -0.15) is 5.10 Å². The molecule has 1 aliphatic heterocycles. The van der Waals surface area contributed by atoms with Crippen molar-refractivity contribution in [1.82, 2.24) is 14.8 Å². The van der Waals surface area contributed by atoms with Crippen LogP contribution in [0.3, 0.4) is 0 Å². The van der Waals surface area contributed by atoms with E-state index in [4.69, 9.17) is 5.11 Å². The van der Waals surface area contributed by atoms with Crippen LogP contribution < -0.4 is 5.69 Å². The third kappa shape index (κ3) is 0.775. The zero-order valence-electron chi connectivity index (χ0n) is 6.15. The number of rotatable bonds is 1. The van der Waals surface area contributed by atoms with Gasteiger partial charge >= 0.3 is 11.7 Å². The number of aliphatic carboxylic acids is 1. The molecule has 2 heterocycles. The van der Waals surface area contributed by atoms with E-state index < -0.39 is 17.7 Å². The number of fused-ring (bicyclic) bond motifs is 1. The predicted molar refractivity (Wildman–Crippen MR) is 37.8 cm³/mol. The average Bonchev–Trinajstić information content (AvgIpc) is 2.53. The summed E-state index contributed by atoms with van der Waals surface area (Å²) in [6.45, 7) is 0. The van der Waals surface area contributed by atoms with Crippen LogP contribution in [0.2, 0.25) is 0 Å². The normalized spacial score (nSPS) is 20.8. The van der Waals surface area contributed by atoms with Gasteiger partial charge in [0.2, 0.25) is 0 Å². The largest absolute Gasteiger partial charge is 0.480 e. The SMILES string of the molecule is O=C(O)[C@@H]1CCc2n[nH]c(=O)n21. The van der Waals surface area contributed by atoms with Gasteiger partial charge in [0.25, 0.3) is 0 Å². The van der Waals surface area contributed by atoms with Crippen molar-refractivity contribution in [1.29, 1.82) is 0 Å². The van der Waals surface area contributed by atoms with Gasteiger partial charge in [-0.3, -0.25) is 4.57 Å². The van der Waals surface area contributed by atoms with Crippen molar-refractivity contribution >= 4 is 5.97 Å². The van der Waals surface area contributed by atoms with Gasteiger partial charge in [-0.1, -0.05) is 0 Å². The van der Waals surface area contributed by atoms with Gasteiger partial charge in [0.1, 0.15) is 11.9 Å². The highest BCUT2D eigenvalue weighted by Crippen LogP contribution is 2.21. The van der Waals surface area contributed by atoms with Crippen LogP contribution in [0.1, 0.15) is 18.3 Å². The summed E-state index contributed by atoms with van der Waals surface area (Å²) in [6, 6.07) is -0.730. The summed E-state index contributed by atoms with van der Waals surface area (Å²) in [7, 11) is 0. The Balaban J connectivity index is 2.53.